The summed E-state index contributed by atoms with van der Waals surface area (Å²) in [6.07, 6.45) is -5.11. The third-order valence-electron chi connectivity index (χ3n) is 3.05. The molecule has 1 aromatic rings. The van der Waals surface area contributed by atoms with Crippen molar-refractivity contribution < 1.29 is 18.0 Å². The third-order valence-corrected chi connectivity index (χ3v) is 3.37. The summed E-state index contributed by atoms with van der Waals surface area (Å²) in [5.41, 5.74) is 1.50. The quantitative estimate of drug-likeness (QED) is 0.296. The lowest BCUT2D eigenvalue weighted by atomic mass is 10.2. The molecule has 0 heterocycles. The van der Waals surface area contributed by atoms with Gasteiger partial charge in [0.05, 0.1) is 23.7 Å². The minimum atomic E-state index is -4.24. The van der Waals surface area contributed by atoms with Gasteiger partial charge in [-0.15, -0.1) is 24.0 Å². The molecule has 10 heteroatoms. The van der Waals surface area contributed by atoms with Crippen molar-refractivity contribution in [3.63, 3.8) is 0 Å². The molecule has 1 aromatic carbocycles. The van der Waals surface area contributed by atoms with Crippen LogP contribution >= 0.6 is 35.6 Å². The number of amides is 1. The molecule has 0 aliphatic heterocycles. The number of hydrogen-bond acceptors (Lipinski definition) is 2. The topological polar surface area (TPSA) is 65.5 Å². The Hall–Kier alpha value is -1.23. The Balaban J connectivity index is 0.00000625. The lowest BCUT2D eigenvalue weighted by molar-refractivity contribution is -0.132. The van der Waals surface area contributed by atoms with Crippen molar-refractivity contribution in [2.24, 2.45) is 4.99 Å². The first-order chi connectivity index (χ1) is 11.7. The van der Waals surface area contributed by atoms with Crippen molar-refractivity contribution >= 4 is 53.1 Å². The summed E-state index contributed by atoms with van der Waals surface area (Å²) in [5.74, 6) is -0.0164. The maximum absolute atomic E-state index is 12.1. The predicted molar refractivity (Wildman–Crippen MR) is 110 cm³/mol. The van der Waals surface area contributed by atoms with Crippen LogP contribution in [0.5, 0.6) is 0 Å². The highest BCUT2D eigenvalue weighted by Crippen LogP contribution is 2.22. The summed E-state index contributed by atoms with van der Waals surface area (Å²) in [4.78, 5) is 15.7. The zero-order chi connectivity index (χ0) is 18.9. The Kier molecular flexibility index (Phi) is 11.6. The van der Waals surface area contributed by atoms with Crippen molar-refractivity contribution in [1.82, 2.24) is 10.6 Å². The van der Waals surface area contributed by atoms with E-state index in [2.05, 4.69) is 20.9 Å². The van der Waals surface area contributed by atoms with Gasteiger partial charge in [0.25, 0.3) is 0 Å². The molecular formula is C16H23ClF3IN4O. The summed E-state index contributed by atoms with van der Waals surface area (Å²) in [7, 11) is 0. The first-order valence-corrected chi connectivity index (χ1v) is 8.24. The number of hydrogen-bond donors (Lipinski definition) is 3. The minimum Gasteiger partial charge on any atom is -0.357 e. The Bertz CT molecular complexity index is 612. The monoisotopic (exact) mass is 506 g/mol. The number of guanidine groups is 1. The molecule has 1 amide bonds. The second-order valence-electron chi connectivity index (χ2n) is 5.33. The number of halogens is 5. The smallest absolute Gasteiger partial charge is 0.357 e. The molecule has 0 atom stereocenters. The summed E-state index contributed by atoms with van der Waals surface area (Å²) < 4.78 is 36.4. The predicted octanol–water partition coefficient (Wildman–Crippen LogP) is 4.10. The maximum Gasteiger partial charge on any atom is 0.390 e. The minimum absolute atomic E-state index is 0. The molecule has 26 heavy (non-hydrogen) atoms. The maximum atomic E-state index is 12.1. The molecule has 3 N–H and O–H groups in total. The highest BCUT2D eigenvalue weighted by molar-refractivity contribution is 14.0. The average Bonchev–Trinajstić information content (AvgIpc) is 2.49. The molecule has 148 valence electrons. The first kappa shape index (κ1) is 24.8. The van der Waals surface area contributed by atoms with Gasteiger partial charge in [0.1, 0.15) is 0 Å². The molecule has 1 rings (SSSR count). The van der Waals surface area contributed by atoms with Crippen LogP contribution in [-0.2, 0) is 4.79 Å². The van der Waals surface area contributed by atoms with E-state index in [1.165, 1.54) is 0 Å². The van der Waals surface area contributed by atoms with Gasteiger partial charge in [0, 0.05) is 19.5 Å². The van der Waals surface area contributed by atoms with Crippen molar-refractivity contribution in [1.29, 1.82) is 0 Å². The van der Waals surface area contributed by atoms with Gasteiger partial charge >= 0.3 is 6.18 Å². The Morgan fingerprint density at radius 2 is 1.96 bits per heavy atom. The van der Waals surface area contributed by atoms with Crippen molar-refractivity contribution in [2.75, 3.05) is 25.0 Å². The van der Waals surface area contributed by atoms with Crippen LogP contribution in [0.3, 0.4) is 0 Å². The van der Waals surface area contributed by atoms with Gasteiger partial charge in [-0.05, 0) is 31.5 Å². The van der Waals surface area contributed by atoms with Crippen LogP contribution < -0.4 is 16.0 Å². The molecule has 0 bridgehead atoms. The highest BCUT2D eigenvalue weighted by atomic mass is 127. The molecule has 0 aliphatic carbocycles. The van der Waals surface area contributed by atoms with Crippen LogP contribution in [0.1, 0.15) is 25.3 Å². The number of rotatable bonds is 7. The third kappa shape index (κ3) is 10.7. The molecule has 0 saturated heterocycles. The summed E-state index contributed by atoms with van der Waals surface area (Å²) in [5, 5.41) is 8.79. The van der Waals surface area contributed by atoms with Crippen LogP contribution in [0.15, 0.2) is 23.2 Å². The number of anilines is 1. The van der Waals surface area contributed by atoms with Crippen molar-refractivity contribution in [2.45, 2.75) is 32.9 Å². The molecule has 0 fully saturated rings. The van der Waals surface area contributed by atoms with E-state index in [4.69, 9.17) is 11.6 Å². The number of alkyl halides is 3. The van der Waals surface area contributed by atoms with E-state index < -0.39 is 12.6 Å². The van der Waals surface area contributed by atoms with Crippen LogP contribution in [-0.4, -0.2) is 37.7 Å². The van der Waals surface area contributed by atoms with E-state index in [9.17, 15) is 18.0 Å². The molecule has 0 spiro atoms. The van der Waals surface area contributed by atoms with Gasteiger partial charge in [0.2, 0.25) is 5.91 Å². The van der Waals surface area contributed by atoms with E-state index in [0.29, 0.717) is 17.3 Å². The summed E-state index contributed by atoms with van der Waals surface area (Å²) >= 11 is 6.04. The van der Waals surface area contributed by atoms with Crippen LogP contribution in [0.25, 0.3) is 0 Å². The van der Waals surface area contributed by atoms with Gasteiger partial charge in [-0.3, -0.25) is 9.79 Å². The number of aryl methyl sites for hydroxylation is 1. The largest absolute Gasteiger partial charge is 0.390 e. The Labute approximate surface area is 173 Å². The standard InChI is InChI=1S/C16H22ClF3N4O.HI/c1-3-21-15(23-9-7-16(18,19)20)22-8-6-14(25)24-13-5-4-11(2)10-12(13)17;/h4-5,10H,3,6-9H2,1-2H3,(H,24,25)(H2,21,22,23);1H. The number of benzene rings is 1. The van der Waals surface area contributed by atoms with Gasteiger partial charge in [0.15, 0.2) is 5.96 Å². The molecule has 5 nitrogen and oxygen atoms in total. The Morgan fingerprint density at radius 3 is 2.54 bits per heavy atom. The van der Waals surface area contributed by atoms with Gasteiger partial charge in [-0.2, -0.15) is 13.2 Å². The molecule has 0 saturated carbocycles. The average molecular weight is 507 g/mol. The van der Waals surface area contributed by atoms with E-state index >= 15 is 0 Å². The van der Waals surface area contributed by atoms with Gasteiger partial charge in [-0.1, -0.05) is 17.7 Å². The zero-order valence-corrected chi connectivity index (χ0v) is 17.6. The number of nitrogens with one attached hydrogen (secondary N) is 3. The Morgan fingerprint density at radius 1 is 1.27 bits per heavy atom. The number of aliphatic imine (C=N–C) groups is 1. The number of carbonyl (C=O) groups is 1. The molecule has 0 radical (unpaired) electrons. The fraction of sp³-hybridized carbons (Fsp3) is 0.500. The fourth-order valence-electron chi connectivity index (χ4n) is 1.86. The van der Waals surface area contributed by atoms with Crippen molar-refractivity contribution in [3.8, 4) is 0 Å². The van der Waals surface area contributed by atoms with Crippen LogP contribution in [0.4, 0.5) is 18.9 Å². The van der Waals surface area contributed by atoms with E-state index in [1.54, 1.807) is 19.1 Å². The molecular weight excluding hydrogens is 484 g/mol. The second-order valence-corrected chi connectivity index (χ2v) is 5.74. The van der Waals surface area contributed by atoms with Gasteiger partial charge < -0.3 is 16.0 Å². The summed E-state index contributed by atoms with van der Waals surface area (Å²) in [6.45, 7) is 4.05. The van der Waals surface area contributed by atoms with Gasteiger partial charge in [-0.25, -0.2) is 0 Å². The molecule has 0 unspecified atom stereocenters. The molecule has 0 aromatic heterocycles. The summed E-state index contributed by atoms with van der Waals surface area (Å²) in [6, 6.07) is 5.29. The highest BCUT2D eigenvalue weighted by Gasteiger charge is 2.26. The fourth-order valence-corrected chi connectivity index (χ4v) is 2.15. The second kappa shape index (κ2) is 12.2. The number of carbonyl (C=O) groups excluding carboxylic acids is 1. The van der Waals surface area contributed by atoms with Crippen molar-refractivity contribution in [3.05, 3.63) is 28.8 Å². The van der Waals surface area contributed by atoms with E-state index in [0.717, 1.165) is 5.56 Å². The van der Waals surface area contributed by atoms with E-state index in [-0.39, 0.29) is 55.4 Å². The van der Waals surface area contributed by atoms with Crippen LogP contribution in [0, 0.1) is 6.92 Å². The number of nitrogens with zero attached hydrogens (tertiary/aromatic N) is 1. The normalized spacial score (nSPS) is 11.5. The van der Waals surface area contributed by atoms with E-state index in [1.807, 2.05) is 13.0 Å². The lowest BCUT2D eigenvalue weighted by Crippen LogP contribution is -2.39. The van der Waals surface area contributed by atoms with Crippen LogP contribution in [0.2, 0.25) is 5.02 Å². The zero-order valence-electron chi connectivity index (χ0n) is 14.5. The molecule has 0 aliphatic rings. The SMILES string of the molecule is CCNC(=NCCC(F)(F)F)NCCC(=O)Nc1ccc(C)cc1Cl.I. The lowest BCUT2D eigenvalue weighted by Gasteiger charge is -2.12. The first-order valence-electron chi connectivity index (χ1n) is 7.86.